The fourth-order valence-electron chi connectivity index (χ4n) is 4.91. The lowest BCUT2D eigenvalue weighted by atomic mass is 10.1. The van der Waals surface area contributed by atoms with Crippen molar-refractivity contribution in [2.24, 2.45) is 7.05 Å². The fourth-order valence-corrected chi connectivity index (χ4v) is 4.91. The zero-order valence-corrected chi connectivity index (χ0v) is 21.2. The molecule has 2 aromatic carbocycles. The summed E-state index contributed by atoms with van der Waals surface area (Å²) in [6.07, 6.45) is 1.85. The van der Waals surface area contributed by atoms with Crippen LogP contribution in [0.15, 0.2) is 71.7 Å². The van der Waals surface area contributed by atoms with Crippen molar-refractivity contribution < 1.29 is 14.3 Å². The van der Waals surface area contributed by atoms with Gasteiger partial charge in [0.15, 0.2) is 6.61 Å². The first-order valence-corrected chi connectivity index (χ1v) is 12.0. The van der Waals surface area contributed by atoms with Crippen molar-refractivity contribution >= 4 is 22.7 Å². The summed E-state index contributed by atoms with van der Waals surface area (Å²) in [5, 5.41) is 0.953. The predicted octanol–water partition coefficient (Wildman–Crippen LogP) is 4.34. The molecule has 0 aliphatic rings. The lowest BCUT2D eigenvalue weighted by Gasteiger charge is -2.09. The number of ketones is 1. The van der Waals surface area contributed by atoms with Crippen molar-refractivity contribution in [1.29, 1.82) is 0 Å². The summed E-state index contributed by atoms with van der Waals surface area (Å²) in [6, 6.07) is 18.9. The zero-order valence-electron chi connectivity index (χ0n) is 21.2. The van der Waals surface area contributed by atoms with Gasteiger partial charge in [0.25, 0.3) is 5.56 Å². The number of aromatic nitrogens is 4. The monoisotopic (exact) mass is 496 g/mol. The number of fused-ring (bicyclic) bond motifs is 1. The molecule has 0 fully saturated rings. The van der Waals surface area contributed by atoms with Crippen molar-refractivity contribution in [2.75, 3.05) is 6.61 Å². The number of aryl methyl sites for hydroxylation is 1. The highest BCUT2D eigenvalue weighted by molar-refractivity contribution is 5.99. The van der Waals surface area contributed by atoms with E-state index in [9.17, 15) is 14.4 Å². The van der Waals surface area contributed by atoms with Crippen LogP contribution in [-0.2, 0) is 23.0 Å². The fraction of sp³-hybridized carbons (Fsp3) is 0.207. The van der Waals surface area contributed by atoms with Crippen LogP contribution in [0.1, 0.15) is 33.0 Å². The molecule has 0 spiro atoms. The number of carbonyl (C=O) groups excluding carboxylic acids is 2. The Morgan fingerprint density at radius 1 is 0.946 bits per heavy atom. The normalized spacial score (nSPS) is 11.2. The van der Waals surface area contributed by atoms with Crippen LogP contribution in [0.25, 0.3) is 22.3 Å². The number of ether oxygens (including phenoxy) is 1. The van der Waals surface area contributed by atoms with Crippen LogP contribution >= 0.6 is 0 Å². The van der Waals surface area contributed by atoms with Crippen LogP contribution < -0.4 is 5.56 Å². The number of aromatic amines is 1. The Kier molecular flexibility index (Phi) is 6.17. The third-order valence-corrected chi connectivity index (χ3v) is 6.85. The maximum absolute atomic E-state index is 13.5. The smallest absolute Gasteiger partial charge is 0.310 e. The van der Waals surface area contributed by atoms with Crippen LogP contribution in [0.3, 0.4) is 0 Å². The molecule has 1 N–H and O–H groups in total. The van der Waals surface area contributed by atoms with Gasteiger partial charge in [-0.1, -0.05) is 36.4 Å². The highest BCUT2D eigenvalue weighted by atomic mass is 16.5. The first kappa shape index (κ1) is 24.1. The zero-order chi connectivity index (χ0) is 26.3. The van der Waals surface area contributed by atoms with Crippen molar-refractivity contribution in [3.63, 3.8) is 0 Å². The first-order chi connectivity index (χ1) is 17.8. The number of para-hydroxylation sites is 2. The summed E-state index contributed by atoms with van der Waals surface area (Å²) in [5.41, 5.74) is 5.38. The molecule has 0 bridgehead atoms. The molecule has 5 rings (SSSR count). The molecule has 3 heterocycles. The molecule has 5 aromatic rings. The Morgan fingerprint density at radius 3 is 2.41 bits per heavy atom. The average molecular weight is 497 g/mol. The number of nitrogens with one attached hydrogen (secondary N) is 1. The van der Waals surface area contributed by atoms with Gasteiger partial charge in [0.2, 0.25) is 5.78 Å². The van der Waals surface area contributed by atoms with E-state index >= 15 is 0 Å². The van der Waals surface area contributed by atoms with E-state index in [1.807, 2.05) is 75.5 Å². The first-order valence-electron chi connectivity index (χ1n) is 12.0. The van der Waals surface area contributed by atoms with Crippen LogP contribution in [0.2, 0.25) is 0 Å². The lowest BCUT2D eigenvalue weighted by molar-refractivity contribution is -0.141. The van der Waals surface area contributed by atoms with E-state index in [1.54, 1.807) is 33.1 Å². The third kappa shape index (κ3) is 4.20. The van der Waals surface area contributed by atoms with Gasteiger partial charge in [0.05, 0.1) is 17.8 Å². The lowest BCUT2D eigenvalue weighted by Crippen LogP contribution is -2.22. The standard InChI is InChI=1S/C29H28N4O4/c1-18-14-24(26(34)17-37-27(35)15-21-16-30-25-13-9-8-12-23(21)25)19(2)32(18)28-20(3)31(4)33(29(28)36)22-10-6-5-7-11-22/h5-14,16,30H,15,17H2,1-4H3. The van der Waals surface area contributed by atoms with E-state index in [2.05, 4.69) is 4.98 Å². The molecule has 37 heavy (non-hydrogen) atoms. The molecule has 0 atom stereocenters. The summed E-state index contributed by atoms with van der Waals surface area (Å²) in [7, 11) is 1.83. The summed E-state index contributed by atoms with van der Waals surface area (Å²) < 4.78 is 10.6. The maximum atomic E-state index is 13.5. The summed E-state index contributed by atoms with van der Waals surface area (Å²) in [6.45, 7) is 5.16. The Morgan fingerprint density at radius 2 is 1.65 bits per heavy atom. The van der Waals surface area contributed by atoms with Crippen molar-refractivity contribution in [3.8, 4) is 11.4 Å². The minimum absolute atomic E-state index is 0.0680. The van der Waals surface area contributed by atoms with Gasteiger partial charge in [-0.2, -0.15) is 0 Å². The molecule has 0 radical (unpaired) electrons. The Balaban J connectivity index is 1.38. The second-order valence-electron chi connectivity index (χ2n) is 9.15. The van der Waals surface area contributed by atoms with Crippen LogP contribution in [-0.4, -0.2) is 37.3 Å². The van der Waals surface area contributed by atoms with E-state index in [0.29, 0.717) is 16.9 Å². The van der Waals surface area contributed by atoms with Gasteiger partial charge in [0.1, 0.15) is 5.69 Å². The van der Waals surface area contributed by atoms with Gasteiger partial charge in [-0.15, -0.1) is 0 Å². The molecule has 0 amide bonds. The number of Topliss-reactive ketones (excluding diaryl/α,β-unsaturated/α-hetero) is 1. The minimum Gasteiger partial charge on any atom is -0.457 e. The van der Waals surface area contributed by atoms with Gasteiger partial charge in [-0.25, -0.2) is 4.68 Å². The van der Waals surface area contributed by atoms with Crippen LogP contribution in [0.5, 0.6) is 0 Å². The van der Waals surface area contributed by atoms with Crippen molar-refractivity contribution in [1.82, 2.24) is 18.9 Å². The molecule has 8 nitrogen and oxygen atoms in total. The molecule has 0 aliphatic carbocycles. The number of hydrogen-bond acceptors (Lipinski definition) is 4. The van der Waals surface area contributed by atoms with E-state index in [-0.39, 0.29) is 24.4 Å². The third-order valence-electron chi connectivity index (χ3n) is 6.85. The molecule has 0 saturated heterocycles. The van der Waals surface area contributed by atoms with E-state index in [0.717, 1.165) is 33.5 Å². The average Bonchev–Trinajstić information content (AvgIpc) is 3.50. The number of esters is 1. The highest BCUT2D eigenvalue weighted by Gasteiger charge is 2.24. The predicted molar refractivity (Wildman–Crippen MR) is 142 cm³/mol. The van der Waals surface area contributed by atoms with Gasteiger partial charge < -0.3 is 14.3 Å². The van der Waals surface area contributed by atoms with Gasteiger partial charge in [0, 0.05) is 41.1 Å². The number of nitrogens with zero attached hydrogens (tertiary/aromatic N) is 3. The van der Waals surface area contributed by atoms with Crippen molar-refractivity contribution in [3.05, 3.63) is 105 Å². The largest absolute Gasteiger partial charge is 0.457 e. The second kappa shape index (κ2) is 9.46. The summed E-state index contributed by atoms with van der Waals surface area (Å²) in [4.78, 5) is 42.2. The second-order valence-corrected chi connectivity index (χ2v) is 9.15. The Labute approximate surface area is 213 Å². The topological polar surface area (TPSA) is 91.0 Å². The summed E-state index contributed by atoms with van der Waals surface area (Å²) in [5.74, 6) is -0.792. The Bertz CT molecular complexity index is 1700. The molecule has 0 saturated carbocycles. The van der Waals surface area contributed by atoms with Gasteiger partial charge >= 0.3 is 5.97 Å². The molecule has 3 aromatic heterocycles. The van der Waals surface area contributed by atoms with Crippen LogP contribution in [0, 0.1) is 20.8 Å². The number of rotatable bonds is 7. The Hall–Kier alpha value is -4.59. The molecular formula is C29H28N4O4. The number of hydrogen-bond donors (Lipinski definition) is 1. The molecule has 0 unspecified atom stereocenters. The van der Waals surface area contributed by atoms with Crippen LogP contribution in [0.4, 0.5) is 0 Å². The van der Waals surface area contributed by atoms with Crippen molar-refractivity contribution in [2.45, 2.75) is 27.2 Å². The number of benzene rings is 2. The van der Waals surface area contributed by atoms with Gasteiger partial charge in [-0.3, -0.25) is 19.1 Å². The minimum atomic E-state index is -0.475. The van der Waals surface area contributed by atoms with E-state index < -0.39 is 5.97 Å². The molecular weight excluding hydrogens is 468 g/mol. The highest BCUT2D eigenvalue weighted by Crippen LogP contribution is 2.23. The van der Waals surface area contributed by atoms with E-state index in [1.165, 1.54) is 0 Å². The number of carbonyl (C=O) groups is 2. The quantitative estimate of drug-likeness (QED) is 0.268. The SMILES string of the molecule is Cc1cc(C(=O)COC(=O)Cc2c[nH]c3ccccc23)c(C)n1-c1c(C)n(C)n(-c2ccccc2)c1=O. The summed E-state index contributed by atoms with van der Waals surface area (Å²) >= 11 is 0. The molecule has 0 aliphatic heterocycles. The molecule has 8 heteroatoms. The van der Waals surface area contributed by atoms with Gasteiger partial charge in [-0.05, 0) is 50.6 Å². The number of H-pyrrole nitrogens is 1. The van der Waals surface area contributed by atoms with E-state index in [4.69, 9.17) is 4.74 Å². The molecule has 188 valence electrons. The maximum Gasteiger partial charge on any atom is 0.310 e.